The predicted octanol–water partition coefficient (Wildman–Crippen LogP) is 3.63. The maximum atomic E-state index is 12.1. The minimum atomic E-state index is -0.125. The summed E-state index contributed by atoms with van der Waals surface area (Å²) in [5.41, 5.74) is 5.35. The Morgan fingerprint density at radius 3 is 2.70 bits per heavy atom. The molecule has 1 heterocycles. The van der Waals surface area contributed by atoms with E-state index < -0.39 is 0 Å². The number of fused-ring (bicyclic) bond motifs is 1. The van der Waals surface area contributed by atoms with E-state index in [4.69, 9.17) is 0 Å². The van der Waals surface area contributed by atoms with Gasteiger partial charge in [0.05, 0.1) is 11.4 Å². The SMILES string of the molecule is CCc1ccccc1N=C1C(=O)Nc2c(C)cccc21. The number of anilines is 1. The molecule has 1 aliphatic rings. The molecule has 0 fully saturated rings. The van der Waals surface area contributed by atoms with Gasteiger partial charge in [0.15, 0.2) is 0 Å². The van der Waals surface area contributed by atoms with Crippen LogP contribution in [0.25, 0.3) is 0 Å². The molecule has 1 aliphatic heterocycles. The fraction of sp³-hybridized carbons (Fsp3) is 0.176. The quantitative estimate of drug-likeness (QED) is 0.884. The van der Waals surface area contributed by atoms with Gasteiger partial charge in [0.2, 0.25) is 0 Å². The lowest BCUT2D eigenvalue weighted by atomic mass is 10.1. The molecule has 0 atom stereocenters. The van der Waals surface area contributed by atoms with Gasteiger partial charge in [-0.15, -0.1) is 0 Å². The van der Waals surface area contributed by atoms with E-state index in [1.54, 1.807) is 0 Å². The summed E-state index contributed by atoms with van der Waals surface area (Å²) in [6.07, 6.45) is 0.898. The third kappa shape index (κ3) is 2.01. The van der Waals surface area contributed by atoms with Gasteiger partial charge in [-0.3, -0.25) is 4.79 Å². The Hall–Kier alpha value is -2.42. The number of carbonyl (C=O) groups excluding carboxylic acids is 1. The fourth-order valence-corrected chi connectivity index (χ4v) is 2.48. The van der Waals surface area contributed by atoms with Gasteiger partial charge < -0.3 is 5.32 Å². The molecule has 100 valence electrons. The van der Waals surface area contributed by atoms with Crippen LogP contribution in [0.4, 0.5) is 11.4 Å². The van der Waals surface area contributed by atoms with E-state index in [2.05, 4.69) is 17.2 Å². The van der Waals surface area contributed by atoms with Gasteiger partial charge in [0, 0.05) is 5.56 Å². The van der Waals surface area contributed by atoms with Crippen LogP contribution in [0.15, 0.2) is 47.5 Å². The molecule has 1 amide bonds. The zero-order valence-electron chi connectivity index (χ0n) is 11.6. The van der Waals surface area contributed by atoms with Gasteiger partial charge in [0.1, 0.15) is 5.71 Å². The van der Waals surface area contributed by atoms with Crippen LogP contribution in [0, 0.1) is 6.92 Å². The van der Waals surface area contributed by atoms with Gasteiger partial charge in [-0.05, 0) is 30.5 Å². The summed E-state index contributed by atoms with van der Waals surface area (Å²) in [7, 11) is 0. The van der Waals surface area contributed by atoms with Gasteiger partial charge in [0.25, 0.3) is 5.91 Å². The molecule has 20 heavy (non-hydrogen) atoms. The molecule has 2 aromatic carbocycles. The molecule has 0 spiro atoms. The highest BCUT2D eigenvalue weighted by Crippen LogP contribution is 2.29. The van der Waals surface area contributed by atoms with E-state index >= 15 is 0 Å². The molecule has 3 rings (SSSR count). The van der Waals surface area contributed by atoms with Gasteiger partial charge >= 0.3 is 0 Å². The number of aryl methyl sites for hydroxylation is 2. The number of para-hydroxylation sites is 2. The minimum Gasteiger partial charge on any atom is -0.320 e. The van der Waals surface area contributed by atoms with Crippen molar-refractivity contribution in [2.45, 2.75) is 20.3 Å². The lowest BCUT2D eigenvalue weighted by Gasteiger charge is -2.04. The highest BCUT2D eigenvalue weighted by molar-refractivity contribution is 6.54. The molecule has 0 saturated heterocycles. The summed E-state index contributed by atoms with van der Waals surface area (Å²) in [6, 6.07) is 13.8. The largest absolute Gasteiger partial charge is 0.320 e. The van der Waals surface area contributed by atoms with Crippen LogP contribution in [0.1, 0.15) is 23.6 Å². The molecule has 0 radical (unpaired) electrons. The first-order valence-corrected chi connectivity index (χ1v) is 6.78. The summed E-state index contributed by atoms with van der Waals surface area (Å²) in [4.78, 5) is 16.7. The van der Waals surface area contributed by atoms with Crippen molar-refractivity contribution in [3.05, 3.63) is 59.2 Å². The van der Waals surface area contributed by atoms with E-state index in [9.17, 15) is 4.79 Å². The number of nitrogens with one attached hydrogen (secondary N) is 1. The number of carbonyl (C=O) groups is 1. The summed E-state index contributed by atoms with van der Waals surface area (Å²) < 4.78 is 0. The number of hydrogen-bond acceptors (Lipinski definition) is 2. The fourth-order valence-electron chi connectivity index (χ4n) is 2.48. The van der Waals surface area contributed by atoms with Crippen LogP contribution >= 0.6 is 0 Å². The van der Waals surface area contributed by atoms with E-state index in [0.717, 1.165) is 34.5 Å². The van der Waals surface area contributed by atoms with Crippen molar-refractivity contribution in [2.75, 3.05) is 5.32 Å². The van der Waals surface area contributed by atoms with Crippen LogP contribution in [0.3, 0.4) is 0 Å². The first-order valence-electron chi connectivity index (χ1n) is 6.78. The molecule has 3 heteroatoms. The van der Waals surface area contributed by atoms with E-state index in [1.807, 2.05) is 49.4 Å². The highest BCUT2D eigenvalue weighted by atomic mass is 16.2. The van der Waals surface area contributed by atoms with Gasteiger partial charge in [-0.2, -0.15) is 0 Å². The zero-order valence-corrected chi connectivity index (χ0v) is 11.6. The Balaban J connectivity index is 2.14. The van der Waals surface area contributed by atoms with Crippen LogP contribution in [0.2, 0.25) is 0 Å². The zero-order chi connectivity index (χ0) is 14.1. The molecule has 0 aromatic heterocycles. The van der Waals surface area contributed by atoms with Crippen LogP contribution < -0.4 is 5.32 Å². The number of hydrogen-bond donors (Lipinski definition) is 1. The van der Waals surface area contributed by atoms with Crippen LogP contribution in [-0.4, -0.2) is 11.6 Å². The third-order valence-corrected chi connectivity index (χ3v) is 3.59. The van der Waals surface area contributed by atoms with Crippen molar-refractivity contribution >= 4 is 23.0 Å². The Bertz CT molecular complexity index is 717. The Labute approximate surface area is 118 Å². The Kier molecular flexibility index (Phi) is 3.11. The molecule has 1 N–H and O–H groups in total. The van der Waals surface area contributed by atoms with Crippen LogP contribution in [0.5, 0.6) is 0 Å². The minimum absolute atomic E-state index is 0.125. The number of nitrogens with zero attached hydrogens (tertiary/aromatic N) is 1. The Morgan fingerprint density at radius 2 is 1.90 bits per heavy atom. The molecule has 3 nitrogen and oxygen atoms in total. The molecule has 0 aliphatic carbocycles. The lowest BCUT2D eigenvalue weighted by molar-refractivity contribution is -0.110. The van der Waals surface area contributed by atoms with E-state index in [-0.39, 0.29) is 5.91 Å². The summed E-state index contributed by atoms with van der Waals surface area (Å²) in [6.45, 7) is 4.08. The second-order valence-electron chi connectivity index (χ2n) is 4.89. The predicted molar refractivity (Wildman–Crippen MR) is 81.8 cm³/mol. The van der Waals surface area contributed by atoms with Crippen molar-refractivity contribution < 1.29 is 4.79 Å². The summed E-state index contributed by atoms with van der Waals surface area (Å²) in [5.74, 6) is -0.125. The molecule has 0 saturated carbocycles. The monoisotopic (exact) mass is 264 g/mol. The van der Waals surface area contributed by atoms with Gasteiger partial charge in [-0.25, -0.2) is 4.99 Å². The first-order chi connectivity index (χ1) is 9.70. The lowest BCUT2D eigenvalue weighted by Crippen LogP contribution is -2.14. The number of amides is 1. The summed E-state index contributed by atoms with van der Waals surface area (Å²) >= 11 is 0. The Morgan fingerprint density at radius 1 is 1.10 bits per heavy atom. The molecule has 0 unspecified atom stereocenters. The molecular weight excluding hydrogens is 248 g/mol. The standard InChI is InChI=1S/C17H16N2O/c1-3-12-8-4-5-10-14(12)18-16-13-9-6-7-11(2)15(13)19-17(16)20/h4-10H,3H2,1-2H3,(H,18,19,20). The number of aliphatic imine (C=N–C) groups is 1. The second-order valence-corrected chi connectivity index (χ2v) is 4.89. The van der Waals surface area contributed by atoms with Gasteiger partial charge in [-0.1, -0.05) is 43.3 Å². The van der Waals surface area contributed by atoms with E-state index in [0.29, 0.717) is 5.71 Å². The average Bonchev–Trinajstić information content (AvgIpc) is 2.78. The van der Waals surface area contributed by atoms with Crippen LogP contribution in [-0.2, 0) is 11.2 Å². The second kappa shape index (κ2) is 4.93. The number of rotatable bonds is 2. The van der Waals surface area contributed by atoms with E-state index in [1.165, 1.54) is 0 Å². The smallest absolute Gasteiger partial charge is 0.275 e. The average molecular weight is 264 g/mol. The maximum absolute atomic E-state index is 12.1. The topological polar surface area (TPSA) is 41.5 Å². The maximum Gasteiger partial charge on any atom is 0.275 e. The molecule has 2 aromatic rings. The van der Waals surface area contributed by atoms with Crippen molar-refractivity contribution in [2.24, 2.45) is 4.99 Å². The first kappa shape index (κ1) is 12.6. The van der Waals surface area contributed by atoms with Crippen molar-refractivity contribution in [1.29, 1.82) is 0 Å². The third-order valence-electron chi connectivity index (χ3n) is 3.59. The van der Waals surface area contributed by atoms with Crippen molar-refractivity contribution in [1.82, 2.24) is 0 Å². The molecule has 0 bridgehead atoms. The highest BCUT2D eigenvalue weighted by Gasteiger charge is 2.27. The normalized spacial score (nSPS) is 15.3. The van der Waals surface area contributed by atoms with Crippen molar-refractivity contribution in [3.8, 4) is 0 Å². The molecular formula is C17H16N2O. The number of benzene rings is 2. The summed E-state index contributed by atoms with van der Waals surface area (Å²) in [5, 5.41) is 2.90. The van der Waals surface area contributed by atoms with Crippen molar-refractivity contribution in [3.63, 3.8) is 0 Å².